The van der Waals surface area contributed by atoms with Crippen molar-refractivity contribution < 1.29 is 4.39 Å². The Morgan fingerprint density at radius 3 is 2.89 bits per heavy atom. The van der Waals surface area contributed by atoms with Crippen molar-refractivity contribution in [2.45, 2.75) is 32.6 Å². The third-order valence-electron chi connectivity index (χ3n) is 3.99. The lowest BCUT2D eigenvalue weighted by Gasteiger charge is -2.20. The van der Waals surface area contributed by atoms with Crippen molar-refractivity contribution in [3.63, 3.8) is 0 Å². The monoisotopic (exact) mass is 269 g/mol. The molecular weight excluding hydrogens is 249 g/mol. The second-order valence-corrected chi connectivity index (χ2v) is 5.58. The van der Waals surface area contributed by atoms with E-state index in [2.05, 4.69) is 12.2 Å². The molecule has 1 aromatic carbocycles. The maximum atomic E-state index is 13.9. The molecule has 0 amide bonds. The quantitative estimate of drug-likeness (QED) is 0.850. The van der Waals surface area contributed by atoms with Crippen LogP contribution in [0, 0.1) is 17.7 Å². The highest BCUT2D eigenvalue weighted by Crippen LogP contribution is 2.34. The molecule has 0 aliphatic heterocycles. The molecule has 0 heterocycles. The van der Waals surface area contributed by atoms with E-state index in [1.807, 2.05) is 12.1 Å². The van der Waals surface area contributed by atoms with E-state index >= 15 is 0 Å². The molecular formula is C15H21ClFN. The lowest BCUT2D eigenvalue weighted by molar-refractivity contribution is 0.364. The van der Waals surface area contributed by atoms with Gasteiger partial charge in [0.25, 0.3) is 0 Å². The Labute approximate surface area is 114 Å². The molecule has 0 aromatic heterocycles. The summed E-state index contributed by atoms with van der Waals surface area (Å²) in [7, 11) is 0. The van der Waals surface area contributed by atoms with Crippen LogP contribution in [0.1, 0.15) is 31.7 Å². The summed E-state index contributed by atoms with van der Waals surface area (Å²) in [5.41, 5.74) is 0.774. The van der Waals surface area contributed by atoms with Gasteiger partial charge in [0.15, 0.2) is 0 Å². The minimum absolute atomic E-state index is 0.228. The first-order valence-electron chi connectivity index (χ1n) is 6.86. The van der Waals surface area contributed by atoms with E-state index in [1.54, 1.807) is 6.07 Å². The largest absolute Gasteiger partial charge is 0.317 e. The minimum Gasteiger partial charge on any atom is -0.317 e. The van der Waals surface area contributed by atoms with Crippen LogP contribution in [0.15, 0.2) is 18.2 Å². The smallest absolute Gasteiger partial charge is 0.144 e. The summed E-state index contributed by atoms with van der Waals surface area (Å²) in [4.78, 5) is 0. The lowest BCUT2D eigenvalue weighted by atomic mass is 9.89. The molecule has 1 N–H and O–H groups in total. The molecule has 0 saturated heterocycles. The fourth-order valence-corrected chi connectivity index (χ4v) is 3.16. The highest BCUT2D eigenvalue weighted by molar-refractivity contribution is 6.30. The van der Waals surface area contributed by atoms with Crippen LogP contribution >= 0.6 is 11.6 Å². The number of hydrogen-bond acceptors (Lipinski definition) is 1. The Morgan fingerprint density at radius 2 is 2.11 bits per heavy atom. The van der Waals surface area contributed by atoms with Gasteiger partial charge in [-0.25, -0.2) is 4.39 Å². The van der Waals surface area contributed by atoms with Gasteiger partial charge in [-0.3, -0.25) is 0 Å². The van der Waals surface area contributed by atoms with Crippen molar-refractivity contribution >= 4 is 11.6 Å². The van der Waals surface area contributed by atoms with Crippen molar-refractivity contribution in [3.05, 3.63) is 34.6 Å². The van der Waals surface area contributed by atoms with Gasteiger partial charge in [-0.05, 0) is 55.8 Å². The number of halogens is 2. The third kappa shape index (κ3) is 3.24. The van der Waals surface area contributed by atoms with Gasteiger partial charge in [0.05, 0.1) is 5.02 Å². The van der Waals surface area contributed by atoms with Crippen LogP contribution in [-0.4, -0.2) is 13.1 Å². The van der Waals surface area contributed by atoms with Gasteiger partial charge in [-0.2, -0.15) is 0 Å². The predicted octanol–water partition coefficient (Wildman–Crippen LogP) is 4.05. The third-order valence-corrected chi connectivity index (χ3v) is 4.28. The van der Waals surface area contributed by atoms with Gasteiger partial charge in [0.1, 0.15) is 5.82 Å². The average molecular weight is 270 g/mol. The molecule has 1 aliphatic carbocycles. The van der Waals surface area contributed by atoms with Gasteiger partial charge < -0.3 is 5.32 Å². The fraction of sp³-hybridized carbons (Fsp3) is 0.600. The SMILES string of the molecule is CCNCC1CCCC1Cc1cccc(Cl)c1F. The molecule has 1 aromatic rings. The normalized spacial score (nSPS) is 23.5. The highest BCUT2D eigenvalue weighted by atomic mass is 35.5. The van der Waals surface area contributed by atoms with Crippen LogP contribution in [0.4, 0.5) is 4.39 Å². The first-order chi connectivity index (χ1) is 8.72. The van der Waals surface area contributed by atoms with Crippen molar-refractivity contribution in [1.29, 1.82) is 0 Å². The van der Waals surface area contributed by atoms with Crippen LogP contribution in [0.2, 0.25) is 5.02 Å². The van der Waals surface area contributed by atoms with E-state index in [1.165, 1.54) is 19.3 Å². The van der Waals surface area contributed by atoms with Gasteiger partial charge in [0.2, 0.25) is 0 Å². The van der Waals surface area contributed by atoms with Crippen molar-refractivity contribution in [2.24, 2.45) is 11.8 Å². The van der Waals surface area contributed by atoms with E-state index in [0.29, 0.717) is 11.8 Å². The van der Waals surface area contributed by atoms with Gasteiger partial charge in [-0.1, -0.05) is 37.1 Å². The van der Waals surface area contributed by atoms with E-state index in [-0.39, 0.29) is 10.8 Å². The van der Waals surface area contributed by atoms with Crippen LogP contribution in [-0.2, 0) is 6.42 Å². The fourth-order valence-electron chi connectivity index (χ4n) is 2.97. The summed E-state index contributed by atoms with van der Waals surface area (Å²) in [6.45, 7) is 4.19. The van der Waals surface area contributed by atoms with E-state index in [4.69, 9.17) is 11.6 Å². The van der Waals surface area contributed by atoms with Crippen LogP contribution < -0.4 is 5.32 Å². The molecule has 2 unspecified atom stereocenters. The molecule has 3 heteroatoms. The molecule has 1 aliphatic rings. The number of hydrogen-bond donors (Lipinski definition) is 1. The standard InChI is InChI=1S/C15H21ClFN/c1-2-18-10-13-7-3-5-11(13)9-12-6-4-8-14(16)15(12)17/h4,6,8,11,13,18H,2-3,5,7,9-10H2,1H3. The molecule has 0 radical (unpaired) electrons. The summed E-state index contributed by atoms with van der Waals surface area (Å²) >= 11 is 5.83. The minimum atomic E-state index is -0.228. The summed E-state index contributed by atoms with van der Waals surface area (Å²) in [5.74, 6) is 1.05. The zero-order valence-electron chi connectivity index (χ0n) is 10.9. The highest BCUT2D eigenvalue weighted by Gasteiger charge is 2.27. The Balaban J connectivity index is 2.01. The van der Waals surface area contributed by atoms with Gasteiger partial charge >= 0.3 is 0 Å². The second-order valence-electron chi connectivity index (χ2n) is 5.18. The number of nitrogens with one attached hydrogen (secondary N) is 1. The maximum Gasteiger partial charge on any atom is 0.144 e. The topological polar surface area (TPSA) is 12.0 Å². The second kappa shape index (κ2) is 6.53. The Bertz CT molecular complexity index is 394. The Hall–Kier alpha value is -0.600. The maximum absolute atomic E-state index is 13.9. The molecule has 2 atom stereocenters. The van der Waals surface area contributed by atoms with Crippen molar-refractivity contribution in [3.8, 4) is 0 Å². The molecule has 1 nitrogen and oxygen atoms in total. The molecule has 0 bridgehead atoms. The summed E-state index contributed by atoms with van der Waals surface area (Å²) in [5, 5.41) is 3.66. The molecule has 100 valence electrons. The van der Waals surface area contributed by atoms with Crippen LogP contribution in [0.25, 0.3) is 0 Å². The average Bonchev–Trinajstić information content (AvgIpc) is 2.80. The summed E-state index contributed by atoms with van der Waals surface area (Å²) in [6, 6.07) is 5.32. The van der Waals surface area contributed by atoms with Gasteiger partial charge in [-0.15, -0.1) is 0 Å². The van der Waals surface area contributed by atoms with Crippen molar-refractivity contribution in [1.82, 2.24) is 5.32 Å². The Kier molecular flexibility index (Phi) is 5.02. The van der Waals surface area contributed by atoms with E-state index in [9.17, 15) is 4.39 Å². The van der Waals surface area contributed by atoms with Gasteiger partial charge in [0, 0.05) is 0 Å². The van der Waals surface area contributed by atoms with Crippen LogP contribution in [0.5, 0.6) is 0 Å². The predicted molar refractivity (Wildman–Crippen MR) is 74.5 cm³/mol. The zero-order chi connectivity index (χ0) is 13.0. The van der Waals surface area contributed by atoms with Crippen molar-refractivity contribution in [2.75, 3.05) is 13.1 Å². The molecule has 1 saturated carbocycles. The molecule has 2 rings (SSSR count). The zero-order valence-corrected chi connectivity index (χ0v) is 11.6. The number of rotatable bonds is 5. The molecule has 18 heavy (non-hydrogen) atoms. The lowest BCUT2D eigenvalue weighted by Crippen LogP contribution is -2.26. The van der Waals surface area contributed by atoms with E-state index < -0.39 is 0 Å². The van der Waals surface area contributed by atoms with Crippen LogP contribution in [0.3, 0.4) is 0 Å². The first kappa shape index (κ1) is 13.8. The first-order valence-corrected chi connectivity index (χ1v) is 7.23. The number of benzene rings is 1. The summed E-state index contributed by atoms with van der Waals surface area (Å²) < 4.78 is 13.9. The molecule has 0 spiro atoms. The summed E-state index contributed by atoms with van der Waals surface area (Å²) in [6.07, 6.45) is 4.56. The molecule has 1 fully saturated rings. The Morgan fingerprint density at radius 1 is 1.33 bits per heavy atom. The van der Waals surface area contributed by atoms with E-state index in [0.717, 1.165) is 25.1 Å².